The van der Waals surface area contributed by atoms with Crippen molar-refractivity contribution in [2.45, 2.75) is 13.8 Å². The molecule has 0 aliphatic rings. The molecule has 2 N–H and O–H groups in total. The molecule has 0 aliphatic heterocycles. The SMILES string of the molecule is Cc1cc2[nH]c3cc(C)cc4[nH]c(c1)c2c34. The van der Waals surface area contributed by atoms with Gasteiger partial charge in [0.25, 0.3) is 0 Å². The van der Waals surface area contributed by atoms with Gasteiger partial charge in [-0.15, -0.1) is 0 Å². The number of nitrogens with one attached hydrogen (secondary N) is 2. The Morgan fingerprint density at radius 1 is 0.625 bits per heavy atom. The van der Waals surface area contributed by atoms with E-state index in [1.165, 1.54) is 44.0 Å². The summed E-state index contributed by atoms with van der Waals surface area (Å²) in [7, 11) is 0. The highest BCUT2D eigenvalue weighted by Gasteiger charge is 2.13. The Kier molecular flexibility index (Phi) is 1.24. The first-order chi connectivity index (χ1) is 7.72. The highest BCUT2D eigenvalue weighted by Crippen LogP contribution is 2.35. The zero-order valence-corrected chi connectivity index (χ0v) is 9.31. The summed E-state index contributed by atoms with van der Waals surface area (Å²) < 4.78 is 0. The van der Waals surface area contributed by atoms with Crippen LogP contribution in [0.4, 0.5) is 0 Å². The Morgan fingerprint density at radius 3 is 1.25 bits per heavy atom. The molecule has 2 heteroatoms. The first-order valence-corrected chi connectivity index (χ1v) is 5.56. The molecule has 16 heavy (non-hydrogen) atoms. The summed E-state index contributed by atoms with van der Waals surface area (Å²) >= 11 is 0. The van der Waals surface area contributed by atoms with Crippen LogP contribution in [0.3, 0.4) is 0 Å². The minimum absolute atomic E-state index is 1.24. The van der Waals surface area contributed by atoms with E-state index >= 15 is 0 Å². The number of rotatable bonds is 0. The summed E-state index contributed by atoms with van der Waals surface area (Å²) in [6, 6.07) is 8.85. The van der Waals surface area contributed by atoms with E-state index in [2.05, 4.69) is 48.1 Å². The first-order valence-electron chi connectivity index (χ1n) is 5.56. The highest BCUT2D eigenvalue weighted by atomic mass is 14.8. The maximum atomic E-state index is 3.50. The van der Waals surface area contributed by atoms with Crippen LogP contribution in [-0.2, 0) is 0 Å². The van der Waals surface area contributed by atoms with Gasteiger partial charge in [0.15, 0.2) is 0 Å². The third-order valence-corrected chi connectivity index (χ3v) is 3.35. The molecular formula is C14H12N2. The zero-order chi connectivity index (χ0) is 10.9. The smallest absolute Gasteiger partial charge is 0.0489 e. The van der Waals surface area contributed by atoms with Gasteiger partial charge in [-0.2, -0.15) is 0 Å². The molecule has 0 saturated heterocycles. The van der Waals surface area contributed by atoms with Crippen LogP contribution in [-0.4, -0.2) is 9.97 Å². The quantitative estimate of drug-likeness (QED) is 0.440. The van der Waals surface area contributed by atoms with Crippen LogP contribution in [0.15, 0.2) is 24.3 Å². The van der Waals surface area contributed by atoms with Gasteiger partial charge in [-0.05, 0) is 49.2 Å². The molecule has 0 spiro atoms. The van der Waals surface area contributed by atoms with Crippen molar-refractivity contribution in [1.82, 2.24) is 9.97 Å². The van der Waals surface area contributed by atoms with E-state index in [1.54, 1.807) is 0 Å². The van der Waals surface area contributed by atoms with Gasteiger partial charge in [0.05, 0.1) is 0 Å². The lowest BCUT2D eigenvalue weighted by molar-refractivity contribution is 1.42. The van der Waals surface area contributed by atoms with E-state index in [1.807, 2.05) is 0 Å². The van der Waals surface area contributed by atoms with Crippen LogP contribution in [0.1, 0.15) is 11.1 Å². The molecule has 0 fully saturated rings. The van der Waals surface area contributed by atoms with E-state index in [-0.39, 0.29) is 0 Å². The van der Waals surface area contributed by atoms with E-state index in [4.69, 9.17) is 0 Å². The zero-order valence-electron chi connectivity index (χ0n) is 9.31. The normalized spacial score (nSPS) is 12.4. The number of aryl methyl sites for hydroxylation is 2. The van der Waals surface area contributed by atoms with Gasteiger partial charge in [-0.3, -0.25) is 0 Å². The van der Waals surface area contributed by atoms with Gasteiger partial charge < -0.3 is 9.97 Å². The maximum Gasteiger partial charge on any atom is 0.0489 e. The minimum Gasteiger partial charge on any atom is -0.354 e. The molecule has 2 nitrogen and oxygen atoms in total. The third kappa shape index (κ3) is 0.830. The average molecular weight is 208 g/mol. The number of benzene rings is 2. The van der Waals surface area contributed by atoms with Gasteiger partial charge in [-0.25, -0.2) is 0 Å². The Labute approximate surface area is 92.6 Å². The fourth-order valence-corrected chi connectivity index (χ4v) is 2.80. The molecule has 4 aromatic rings. The first kappa shape index (κ1) is 8.22. The van der Waals surface area contributed by atoms with Crippen LogP contribution >= 0.6 is 0 Å². The van der Waals surface area contributed by atoms with E-state index in [0.717, 1.165) is 0 Å². The molecule has 0 radical (unpaired) electrons. The lowest BCUT2D eigenvalue weighted by atomic mass is 10.1. The lowest BCUT2D eigenvalue weighted by Gasteiger charge is -1.95. The number of aromatic amines is 2. The second-order valence-electron chi connectivity index (χ2n) is 4.72. The minimum atomic E-state index is 1.24. The molecule has 0 unspecified atom stereocenters. The standard InChI is InChI=1S/C14H12N2/c1-7-3-9-13-10(4-7)16-12-6-8(2)5-11(15-9)14(12)13/h3-6,15-16H,1-2H3. The molecule has 4 rings (SSSR count). The van der Waals surface area contributed by atoms with Gasteiger partial charge >= 0.3 is 0 Å². The van der Waals surface area contributed by atoms with Crippen LogP contribution in [0, 0.1) is 13.8 Å². The molecule has 2 aromatic heterocycles. The molecule has 0 bridgehead atoms. The van der Waals surface area contributed by atoms with Crippen molar-refractivity contribution in [1.29, 1.82) is 0 Å². The predicted octanol–water partition coefficient (Wildman–Crippen LogP) is 3.86. The number of aromatic nitrogens is 2. The molecule has 78 valence electrons. The van der Waals surface area contributed by atoms with Crippen molar-refractivity contribution in [3.63, 3.8) is 0 Å². The average Bonchev–Trinajstić information content (AvgIpc) is 2.70. The molecular weight excluding hydrogens is 196 g/mol. The van der Waals surface area contributed by atoms with Crippen molar-refractivity contribution in [2.75, 3.05) is 0 Å². The molecule has 0 atom stereocenters. The monoisotopic (exact) mass is 208 g/mol. The summed E-state index contributed by atoms with van der Waals surface area (Å²) in [5.41, 5.74) is 7.53. The van der Waals surface area contributed by atoms with Crippen LogP contribution in [0.25, 0.3) is 32.8 Å². The fraction of sp³-hybridized carbons (Fsp3) is 0.143. The molecule has 0 amide bonds. The number of hydrogen-bond donors (Lipinski definition) is 2. The summed E-state index contributed by atoms with van der Waals surface area (Å²) in [6.45, 7) is 4.26. The lowest BCUT2D eigenvalue weighted by Crippen LogP contribution is -1.77. The fourth-order valence-electron chi connectivity index (χ4n) is 2.80. The van der Waals surface area contributed by atoms with Crippen molar-refractivity contribution >= 4 is 32.8 Å². The topological polar surface area (TPSA) is 31.6 Å². The molecule has 2 aromatic carbocycles. The summed E-state index contributed by atoms with van der Waals surface area (Å²) in [5, 5.41) is 2.69. The van der Waals surface area contributed by atoms with Gasteiger partial charge in [-0.1, -0.05) is 0 Å². The van der Waals surface area contributed by atoms with Crippen LogP contribution < -0.4 is 0 Å². The Balaban J connectivity index is 2.45. The second-order valence-corrected chi connectivity index (χ2v) is 4.72. The summed E-state index contributed by atoms with van der Waals surface area (Å²) in [6.07, 6.45) is 0. The maximum absolute atomic E-state index is 3.50. The highest BCUT2D eigenvalue weighted by molar-refractivity contribution is 6.23. The van der Waals surface area contributed by atoms with E-state index in [0.29, 0.717) is 0 Å². The van der Waals surface area contributed by atoms with Crippen LogP contribution in [0.2, 0.25) is 0 Å². The van der Waals surface area contributed by atoms with Crippen molar-refractivity contribution in [3.8, 4) is 0 Å². The number of H-pyrrole nitrogens is 2. The third-order valence-electron chi connectivity index (χ3n) is 3.35. The Bertz CT molecular complexity index is 690. The molecule has 0 aliphatic carbocycles. The Hall–Kier alpha value is -1.96. The molecule has 2 heterocycles. The predicted molar refractivity (Wildman–Crippen MR) is 68.3 cm³/mol. The van der Waals surface area contributed by atoms with Gasteiger partial charge in [0, 0.05) is 32.8 Å². The number of hydrogen-bond acceptors (Lipinski definition) is 0. The van der Waals surface area contributed by atoms with Gasteiger partial charge in [0.2, 0.25) is 0 Å². The van der Waals surface area contributed by atoms with Crippen LogP contribution in [0.5, 0.6) is 0 Å². The van der Waals surface area contributed by atoms with Gasteiger partial charge in [0.1, 0.15) is 0 Å². The largest absolute Gasteiger partial charge is 0.354 e. The van der Waals surface area contributed by atoms with E-state index < -0.39 is 0 Å². The van der Waals surface area contributed by atoms with Crippen molar-refractivity contribution < 1.29 is 0 Å². The summed E-state index contributed by atoms with van der Waals surface area (Å²) in [5.74, 6) is 0. The van der Waals surface area contributed by atoms with E-state index in [9.17, 15) is 0 Å². The Morgan fingerprint density at radius 2 is 0.938 bits per heavy atom. The second kappa shape index (κ2) is 2.40. The molecule has 0 saturated carbocycles. The summed E-state index contributed by atoms with van der Waals surface area (Å²) in [4.78, 5) is 7.00. The van der Waals surface area contributed by atoms with Crippen molar-refractivity contribution in [2.24, 2.45) is 0 Å². The van der Waals surface area contributed by atoms with Crippen molar-refractivity contribution in [3.05, 3.63) is 35.4 Å².